The minimum atomic E-state index is -2.11. The van der Waals surface area contributed by atoms with Gasteiger partial charge in [0.2, 0.25) is 18.3 Å². The maximum atomic E-state index is 12.5. The van der Waals surface area contributed by atoms with E-state index in [0.29, 0.717) is 0 Å². The Hall–Kier alpha value is -4.77. The van der Waals surface area contributed by atoms with E-state index in [1.54, 1.807) is 0 Å². The van der Waals surface area contributed by atoms with Crippen LogP contribution in [-0.4, -0.2) is 149 Å². The molecule has 51 heavy (non-hydrogen) atoms. The molecule has 20 nitrogen and oxygen atoms in total. The van der Waals surface area contributed by atoms with Gasteiger partial charge < -0.3 is 84.6 Å². The molecule has 0 aliphatic carbocycles. The maximum absolute atomic E-state index is 12.5. The number of benzene rings is 2. The van der Waals surface area contributed by atoms with Crippen LogP contribution in [-0.2, 0) is 28.5 Å². The van der Waals surface area contributed by atoms with Gasteiger partial charge in [0.25, 0.3) is 0 Å². The van der Waals surface area contributed by atoms with E-state index < -0.39 is 128 Å². The zero-order valence-corrected chi connectivity index (χ0v) is 26.0. The van der Waals surface area contributed by atoms with Crippen molar-refractivity contribution in [3.63, 3.8) is 0 Å². The van der Waals surface area contributed by atoms with Crippen LogP contribution in [0, 0.1) is 0 Å². The second-order valence-electron chi connectivity index (χ2n) is 12.0. The highest BCUT2D eigenvalue weighted by atomic mass is 16.7. The van der Waals surface area contributed by atoms with Gasteiger partial charge in [-0.25, -0.2) is 9.21 Å². The van der Waals surface area contributed by atoms with Gasteiger partial charge in [-0.15, -0.1) is 0 Å². The van der Waals surface area contributed by atoms with Gasteiger partial charge in [0, 0.05) is 24.3 Å². The quantitative estimate of drug-likeness (QED) is 0.0697. The summed E-state index contributed by atoms with van der Waals surface area (Å²) >= 11 is 0. The first-order chi connectivity index (χ1) is 24.1. The van der Waals surface area contributed by atoms with Crippen molar-refractivity contribution in [2.45, 2.75) is 73.9 Å². The van der Waals surface area contributed by atoms with Crippen molar-refractivity contribution < 1.29 is 98.6 Å². The molecule has 1 aromatic heterocycles. The van der Waals surface area contributed by atoms with Gasteiger partial charge in [0.05, 0.1) is 18.1 Å². The van der Waals surface area contributed by atoms with Crippen LogP contribution in [0.2, 0.25) is 0 Å². The molecular weight excluding hydrogens is 692 g/mol. The summed E-state index contributed by atoms with van der Waals surface area (Å²) in [5, 5.41) is 115. The zero-order chi connectivity index (χ0) is 36.9. The Labute approximate surface area is 285 Å². The summed E-state index contributed by atoms with van der Waals surface area (Å²) in [6, 6.07) is 5.20. The van der Waals surface area contributed by atoms with Crippen molar-refractivity contribution >= 4 is 22.9 Å². The first-order valence-electron chi connectivity index (χ1n) is 15.2. The smallest absolute Gasteiger partial charge is 0.402 e. The van der Waals surface area contributed by atoms with Gasteiger partial charge in [0.15, 0.2) is 23.4 Å². The first-order valence-corrected chi connectivity index (χ1v) is 15.2. The van der Waals surface area contributed by atoms with E-state index in [1.807, 2.05) is 0 Å². The first kappa shape index (κ1) is 36.0. The lowest BCUT2D eigenvalue weighted by molar-refractivity contribution is -0.279. The average molecular weight is 726 g/mol. The molecule has 2 fully saturated rings. The van der Waals surface area contributed by atoms with Crippen LogP contribution in [0.3, 0.4) is 0 Å². The second kappa shape index (κ2) is 14.1. The van der Waals surface area contributed by atoms with Crippen LogP contribution in [0.1, 0.15) is 6.42 Å². The van der Waals surface area contributed by atoms with Gasteiger partial charge >= 0.3 is 23.3 Å². The number of esters is 2. The lowest BCUT2D eigenvalue weighted by Crippen LogP contribution is -2.60. The monoisotopic (exact) mass is 725 g/mol. The van der Waals surface area contributed by atoms with Crippen LogP contribution in [0.4, 0.5) is 0 Å². The highest BCUT2D eigenvalue weighted by molar-refractivity contribution is 5.89. The summed E-state index contributed by atoms with van der Waals surface area (Å²) in [6.45, 7) is -1.61. The van der Waals surface area contributed by atoms with Crippen molar-refractivity contribution in [1.29, 1.82) is 0 Å². The molecule has 2 saturated heterocycles. The third-order valence-corrected chi connectivity index (χ3v) is 8.39. The third kappa shape index (κ3) is 7.08. The van der Waals surface area contributed by atoms with E-state index in [-0.39, 0.29) is 28.0 Å². The summed E-state index contributed by atoms with van der Waals surface area (Å²) in [6.07, 6.45) is -21.5. The minimum absolute atomic E-state index is 0.0714. The van der Waals surface area contributed by atoms with Crippen molar-refractivity contribution in [1.82, 2.24) is 0 Å². The Morgan fingerprint density at radius 3 is 1.76 bits per heavy atom. The van der Waals surface area contributed by atoms with Crippen molar-refractivity contribution in [3.05, 3.63) is 30.3 Å². The highest BCUT2D eigenvalue weighted by Gasteiger charge is 2.48. The fraction of sp³-hybridized carbons (Fsp3) is 0.452. The number of carbonyl (C=O) groups excluding carboxylic acids is 2. The van der Waals surface area contributed by atoms with E-state index in [2.05, 4.69) is 0 Å². The fourth-order valence-corrected chi connectivity index (χ4v) is 5.58. The Morgan fingerprint density at radius 1 is 0.627 bits per heavy atom. The largest absolute Gasteiger partial charge is 0.507 e. The molecule has 20 heteroatoms. The number of hydrogen-bond acceptors (Lipinski definition) is 19. The normalized spacial score (nSPS) is 33.4. The molecule has 1 unspecified atom stereocenters. The Morgan fingerprint density at radius 2 is 1.18 bits per heavy atom. The number of aliphatic hydroxyl groups is 7. The predicted octanol–water partition coefficient (Wildman–Crippen LogP) is -2.57. The van der Waals surface area contributed by atoms with Gasteiger partial charge in [0.1, 0.15) is 78.9 Å². The molecule has 6 bridgehead atoms. The number of phenols is 4. The standard InChI is InChI=1S/C31H32O20/c32-10-3-15-11-5-17(28(47-15)9-1-12(33)21(37)13(34)2-9)49-31-27(43)25(41)23(39)19(51-31)8-46-29(44)14(35)6-20(36)45-7-18-22(38)24(40)26(42)30(50-18)48-16(11)4-10/h1-5,14,18-19,22-27,30-31,35,38-43H,6-8H2,(H3-,32,33,34,37)/p+1/t14?,18-,19-,22-,23-,24+,25+,26-,27-,30-,31-/m1/s1. The molecular formula is C31H33O20+. The molecule has 3 aromatic rings. The number of fused-ring (bicyclic) bond motifs is 5. The van der Waals surface area contributed by atoms with Crippen molar-refractivity contribution in [2.24, 2.45) is 0 Å². The number of aromatic hydroxyl groups is 4. The molecule has 3 aliphatic heterocycles. The van der Waals surface area contributed by atoms with Crippen LogP contribution >= 0.6 is 0 Å². The van der Waals surface area contributed by atoms with Gasteiger partial charge in [-0.1, -0.05) is 0 Å². The summed E-state index contributed by atoms with van der Waals surface area (Å²) in [7, 11) is 0. The van der Waals surface area contributed by atoms with E-state index >= 15 is 0 Å². The number of hydrogen-bond donors (Lipinski definition) is 11. The molecule has 0 amide bonds. The molecule has 11 atom stereocenters. The van der Waals surface area contributed by atoms with Crippen LogP contribution in [0.5, 0.6) is 34.5 Å². The number of aliphatic hydroxyl groups excluding tert-OH is 7. The van der Waals surface area contributed by atoms with Gasteiger partial charge in [-0.05, 0) is 0 Å². The highest BCUT2D eigenvalue weighted by Crippen LogP contribution is 2.45. The van der Waals surface area contributed by atoms with Crippen LogP contribution in [0.15, 0.2) is 34.7 Å². The Balaban J connectivity index is 1.49. The second-order valence-corrected chi connectivity index (χ2v) is 12.0. The molecule has 276 valence electrons. The molecule has 3 aliphatic rings. The predicted molar refractivity (Wildman–Crippen MR) is 160 cm³/mol. The molecule has 2 aromatic carbocycles. The lowest BCUT2D eigenvalue weighted by Gasteiger charge is -2.40. The molecule has 11 N–H and O–H groups in total. The SMILES string of the molecule is O=C1CC(O)C(=O)OC[C@H]2O[C@@H](Oc3cc4c(cc(O)cc4[o+]c3-c3cc(O)c(O)c(O)c3)O[C@@H]3O[C@H](CO1)[C@@H](O)[C@H](O)[C@H]3O)[C@H](O)[C@@H](O)[C@@H]2O. The van der Waals surface area contributed by atoms with Crippen LogP contribution in [0.25, 0.3) is 22.3 Å². The molecule has 0 spiro atoms. The average Bonchev–Trinajstić information content (AvgIpc) is 3.09. The zero-order valence-electron chi connectivity index (χ0n) is 26.0. The maximum Gasteiger partial charge on any atom is 0.402 e. The lowest BCUT2D eigenvalue weighted by atomic mass is 9.99. The summed E-state index contributed by atoms with van der Waals surface area (Å²) in [5.74, 6) is -6.61. The molecule has 4 heterocycles. The summed E-state index contributed by atoms with van der Waals surface area (Å²) in [4.78, 5) is 24.9. The number of ether oxygens (including phenoxy) is 6. The number of phenolic OH excluding ortho intramolecular Hbond substituents is 4. The van der Waals surface area contributed by atoms with Crippen LogP contribution < -0.4 is 9.47 Å². The summed E-state index contributed by atoms with van der Waals surface area (Å²) in [5.41, 5.74) is -0.354. The van der Waals surface area contributed by atoms with Crippen molar-refractivity contribution in [3.8, 4) is 45.8 Å². The Kier molecular flexibility index (Phi) is 9.96. The number of carbonyl (C=O) groups is 2. The van der Waals surface area contributed by atoms with E-state index in [0.717, 1.165) is 24.3 Å². The Bertz CT molecular complexity index is 1780. The number of cyclic esters (lactones) is 2. The molecule has 0 radical (unpaired) electrons. The topological polar surface area (TPSA) is 323 Å². The third-order valence-electron chi connectivity index (χ3n) is 8.39. The molecule has 0 saturated carbocycles. The number of rotatable bonds is 1. The van der Waals surface area contributed by atoms with Gasteiger partial charge in [-0.2, -0.15) is 0 Å². The van der Waals surface area contributed by atoms with E-state index in [9.17, 15) is 65.8 Å². The summed E-state index contributed by atoms with van der Waals surface area (Å²) < 4.78 is 38.8. The fourth-order valence-electron chi connectivity index (χ4n) is 5.58. The molecule has 6 rings (SSSR count). The van der Waals surface area contributed by atoms with Gasteiger partial charge in [-0.3, -0.25) is 4.79 Å². The van der Waals surface area contributed by atoms with E-state index in [4.69, 9.17) is 32.8 Å². The van der Waals surface area contributed by atoms with Crippen molar-refractivity contribution in [2.75, 3.05) is 13.2 Å². The van der Waals surface area contributed by atoms with E-state index in [1.165, 1.54) is 6.07 Å². The minimum Gasteiger partial charge on any atom is -0.507 e.